The van der Waals surface area contributed by atoms with Crippen LogP contribution in [0, 0.1) is 5.92 Å². The fraction of sp³-hybridized carbons (Fsp3) is 0.600. The van der Waals surface area contributed by atoms with Crippen LogP contribution < -0.4 is 10.1 Å². The fourth-order valence-corrected chi connectivity index (χ4v) is 3.31. The topological polar surface area (TPSA) is 21.3 Å². The van der Waals surface area contributed by atoms with E-state index in [1.165, 1.54) is 34.9 Å². The van der Waals surface area contributed by atoms with Crippen LogP contribution in [0.3, 0.4) is 0 Å². The van der Waals surface area contributed by atoms with Crippen LogP contribution >= 0.6 is 15.9 Å². The highest BCUT2D eigenvalue weighted by atomic mass is 79.9. The molecule has 98 valence electrons. The molecule has 1 saturated carbocycles. The molecule has 1 N–H and O–H groups in total. The van der Waals surface area contributed by atoms with Gasteiger partial charge in [-0.15, -0.1) is 0 Å². The third-order valence-electron chi connectivity index (χ3n) is 3.82. The number of benzene rings is 1. The molecule has 1 heterocycles. The van der Waals surface area contributed by atoms with Gasteiger partial charge in [-0.2, -0.15) is 0 Å². The SMILES string of the molecule is CCCNC(c1cc(Br)cc2c1OCC2)C1CC1. The van der Waals surface area contributed by atoms with Crippen molar-refractivity contribution in [2.45, 2.75) is 38.6 Å². The first-order valence-electron chi connectivity index (χ1n) is 6.98. The lowest BCUT2D eigenvalue weighted by Gasteiger charge is -2.21. The molecule has 3 heteroatoms. The Morgan fingerprint density at radius 3 is 3.00 bits per heavy atom. The Bertz CT molecular complexity index is 442. The largest absolute Gasteiger partial charge is 0.493 e. The summed E-state index contributed by atoms with van der Waals surface area (Å²) in [6.45, 7) is 4.14. The number of fused-ring (bicyclic) bond motifs is 1. The van der Waals surface area contributed by atoms with E-state index in [4.69, 9.17) is 4.74 Å². The van der Waals surface area contributed by atoms with Crippen LogP contribution in [0.25, 0.3) is 0 Å². The van der Waals surface area contributed by atoms with Gasteiger partial charge >= 0.3 is 0 Å². The molecule has 2 aliphatic rings. The van der Waals surface area contributed by atoms with Crippen molar-refractivity contribution in [2.24, 2.45) is 5.92 Å². The Morgan fingerprint density at radius 1 is 1.44 bits per heavy atom. The van der Waals surface area contributed by atoms with E-state index in [1.807, 2.05) is 0 Å². The summed E-state index contributed by atoms with van der Waals surface area (Å²) in [5.41, 5.74) is 2.73. The summed E-state index contributed by atoms with van der Waals surface area (Å²) in [6, 6.07) is 4.93. The van der Waals surface area contributed by atoms with E-state index in [-0.39, 0.29) is 0 Å². The second-order valence-electron chi connectivity index (χ2n) is 5.35. The van der Waals surface area contributed by atoms with Crippen LogP contribution in [-0.2, 0) is 6.42 Å². The van der Waals surface area contributed by atoms with Gasteiger partial charge < -0.3 is 10.1 Å². The zero-order chi connectivity index (χ0) is 12.5. The molecule has 1 aliphatic carbocycles. The monoisotopic (exact) mass is 309 g/mol. The van der Waals surface area contributed by atoms with Gasteiger partial charge in [0.1, 0.15) is 5.75 Å². The molecule has 18 heavy (non-hydrogen) atoms. The third kappa shape index (κ3) is 2.43. The van der Waals surface area contributed by atoms with Crippen molar-refractivity contribution in [3.63, 3.8) is 0 Å². The van der Waals surface area contributed by atoms with Crippen molar-refractivity contribution in [2.75, 3.05) is 13.2 Å². The van der Waals surface area contributed by atoms with Crippen molar-refractivity contribution < 1.29 is 4.74 Å². The fourth-order valence-electron chi connectivity index (χ4n) is 2.79. The third-order valence-corrected chi connectivity index (χ3v) is 4.28. The smallest absolute Gasteiger partial charge is 0.127 e. The van der Waals surface area contributed by atoms with E-state index >= 15 is 0 Å². The average molecular weight is 310 g/mol. The molecule has 0 amide bonds. The summed E-state index contributed by atoms with van der Waals surface area (Å²) in [6.07, 6.45) is 4.93. The van der Waals surface area contributed by atoms with Gasteiger partial charge in [-0.25, -0.2) is 0 Å². The maximum atomic E-state index is 5.86. The summed E-state index contributed by atoms with van der Waals surface area (Å²) in [5, 5.41) is 3.70. The molecule has 0 saturated heterocycles. The summed E-state index contributed by atoms with van der Waals surface area (Å²) >= 11 is 3.64. The summed E-state index contributed by atoms with van der Waals surface area (Å²) in [7, 11) is 0. The van der Waals surface area contributed by atoms with E-state index in [2.05, 4.69) is 40.3 Å². The van der Waals surface area contributed by atoms with E-state index in [1.54, 1.807) is 0 Å². The zero-order valence-electron chi connectivity index (χ0n) is 10.8. The molecule has 1 aliphatic heterocycles. The van der Waals surface area contributed by atoms with Crippen LogP contribution in [0.1, 0.15) is 43.4 Å². The second kappa shape index (κ2) is 5.22. The van der Waals surface area contributed by atoms with Gasteiger partial charge in [0.05, 0.1) is 6.61 Å². The Labute approximate surface area is 117 Å². The molecule has 1 atom stereocenters. The lowest BCUT2D eigenvalue weighted by atomic mass is 9.98. The summed E-state index contributed by atoms with van der Waals surface area (Å²) in [5.74, 6) is 1.96. The molecule has 1 aromatic carbocycles. The Kier molecular flexibility index (Phi) is 3.62. The maximum Gasteiger partial charge on any atom is 0.127 e. The number of hydrogen-bond donors (Lipinski definition) is 1. The Balaban J connectivity index is 1.93. The van der Waals surface area contributed by atoms with Crippen molar-refractivity contribution in [1.82, 2.24) is 5.32 Å². The molecule has 0 aromatic heterocycles. The maximum absolute atomic E-state index is 5.86. The van der Waals surface area contributed by atoms with Gasteiger partial charge in [0.15, 0.2) is 0 Å². The minimum absolute atomic E-state index is 0.481. The predicted molar refractivity (Wildman–Crippen MR) is 77.1 cm³/mol. The van der Waals surface area contributed by atoms with Crippen LogP contribution in [0.4, 0.5) is 0 Å². The Hall–Kier alpha value is -0.540. The van der Waals surface area contributed by atoms with Crippen LogP contribution in [0.5, 0.6) is 5.75 Å². The Morgan fingerprint density at radius 2 is 2.28 bits per heavy atom. The lowest BCUT2D eigenvalue weighted by molar-refractivity contribution is 0.345. The van der Waals surface area contributed by atoms with E-state index in [0.717, 1.165) is 31.2 Å². The molecular weight excluding hydrogens is 290 g/mol. The minimum Gasteiger partial charge on any atom is -0.493 e. The van der Waals surface area contributed by atoms with Crippen LogP contribution in [0.15, 0.2) is 16.6 Å². The molecule has 0 radical (unpaired) electrons. The van der Waals surface area contributed by atoms with Gasteiger partial charge in [-0.3, -0.25) is 0 Å². The molecule has 3 rings (SSSR count). The average Bonchev–Trinajstić information content (AvgIpc) is 3.08. The lowest BCUT2D eigenvalue weighted by Crippen LogP contribution is -2.24. The number of halogens is 1. The highest BCUT2D eigenvalue weighted by molar-refractivity contribution is 9.10. The van der Waals surface area contributed by atoms with E-state index in [0.29, 0.717) is 6.04 Å². The van der Waals surface area contributed by atoms with Crippen molar-refractivity contribution >= 4 is 15.9 Å². The molecular formula is C15H20BrNO. The van der Waals surface area contributed by atoms with Gasteiger partial charge in [-0.1, -0.05) is 22.9 Å². The quantitative estimate of drug-likeness (QED) is 0.892. The second-order valence-corrected chi connectivity index (χ2v) is 6.27. The molecule has 0 bridgehead atoms. The molecule has 2 nitrogen and oxygen atoms in total. The van der Waals surface area contributed by atoms with Crippen LogP contribution in [0.2, 0.25) is 0 Å². The van der Waals surface area contributed by atoms with Gasteiger partial charge in [-0.05, 0) is 49.4 Å². The first-order chi connectivity index (χ1) is 8.79. The minimum atomic E-state index is 0.481. The molecule has 1 fully saturated rings. The van der Waals surface area contributed by atoms with E-state index in [9.17, 15) is 0 Å². The van der Waals surface area contributed by atoms with Gasteiger partial charge in [0, 0.05) is 22.5 Å². The van der Waals surface area contributed by atoms with Crippen molar-refractivity contribution in [3.8, 4) is 5.75 Å². The van der Waals surface area contributed by atoms with Gasteiger partial charge in [0.2, 0.25) is 0 Å². The number of hydrogen-bond acceptors (Lipinski definition) is 2. The zero-order valence-corrected chi connectivity index (χ0v) is 12.4. The van der Waals surface area contributed by atoms with E-state index < -0.39 is 0 Å². The first-order valence-corrected chi connectivity index (χ1v) is 7.77. The molecule has 0 spiro atoms. The molecule has 1 aromatic rings. The van der Waals surface area contributed by atoms with Gasteiger partial charge in [0.25, 0.3) is 0 Å². The highest BCUT2D eigenvalue weighted by Gasteiger charge is 2.35. The summed E-state index contributed by atoms with van der Waals surface area (Å²) < 4.78 is 7.05. The summed E-state index contributed by atoms with van der Waals surface area (Å²) in [4.78, 5) is 0. The predicted octanol–water partition coefficient (Wildman–Crippen LogP) is 3.83. The highest BCUT2D eigenvalue weighted by Crippen LogP contribution is 2.46. The molecule has 1 unspecified atom stereocenters. The number of nitrogens with one attached hydrogen (secondary N) is 1. The first kappa shape index (κ1) is 12.5. The standard InChI is InChI=1S/C15H20BrNO/c1-2-6-17-14(10-3-4-10)13-9-12(16)8-11-5-7-18-15(11)13/h8-10,14,17H,2-7H2,1H3. The van der Waals surface area contributed by atoms with Crippen LogP contribution in [-0.4, -0.2) is 13.2 Å². The van der Waals surface area contributed by atoms with Crippen molar-refractivity contribution in [3.05, 3.63) is 27.7 Å². The number of ether oxygens (including phenoxy) is 1. The normalized spacial score (nSPS) is 19.4. The van der Waals surface area contributed by atoms with Crippen molar-refractivity contribution in [1.29, 1.82) is 0 Å². The number of rotatable bonds is 5.